The van der Waals surface area contributed by atoms with Crippen molar-refractivity contribution in [3.05, 3.63) is 29.8 Å². The molecule has 0 amide bonds. The predicted octanol–water partition coefficient (Wildman–Crippen LogP) is 4.01. The maximum Gasteiger partial charge on any atom is 0.319 e. The lowest BCUT2D eigenvalue weighted by molar-refractivity contribution is -0.142. The zero-order valence-electron chi connectivity index (χ0n) is 13.5. The molecule has 1 aromatic carbocycles. The van der Waals surface area contributed by atoms with Crippen molar-refractivity contribution >= 4 is 17.7 Å². The minimum Gasteiger partial charge on any atom is -0.465 e. The van der Waals surface area contributed by atoms with Crippen molar-refractivity contribution in [2.75, 3.05) is 6.61 Å². The van der Waals surface area contributed by atoms with Crippen LogP contribution in [0.15, 0.2) is 29.2 Å². The molecule has 0 saturated heterocycles. The van der Waals surface area contributed by atoms with Gasteiger partial charge in [-0.25, -0.2) is 0 Å². The lowest BCUT2D eigenvalue weighted by atomic mass is 10.2. The van der Waals surface area contributed by atoms with Crippen LogP contribution in [0, 0.1) is 0 Å². The van der Waals surface area contributed by atoms with Gasteiger partial charge in [0.15, 0.2) is 0 Å². The molecular weight excluding hydrogens is 282 g/mol. The second-order valence-corrected chi connectivity index (χ2v) is 6.60. The summed E-state index contributed by atoms with van der Waals surface area (Å²) in [4.78, 5) is 13.0. The van der Waals surface area contributed by atoms with Gasteiger partial charge >= 0.3 is 5.97 Å². The molecule has 1 atom stereocenters. The third kappa shape index (κ3) is 7.00. The van der Waals surface area contributed by atoms with Crippen molar-refractivity contribution in [3.63, 3.8) is 0 Å². The molecule has 0 aliphatic rings. The molecule has 0 bridgehead atoms. The van der Waals surface area contributed by atoms with E-state index >= 15 is 0 Å². The van der Waals surface area contributed by atoms with Crippen LogP contribution in [0.5, 0.6) is 0 Å². The molecule has 1 rings (SSSR count). The van der Waals surface area contributed by atoms with Gasteiger partial charge in [-0.1, -0.05) is 39.3 Å². The lowest BCUT2D eigenvalue weighted by Crippen LogP contribution is -2.21. The van der Waals surface area contributed by atoms with Crippen molar-refractivity contribution in [1.29, 1.82) is 0 Å². The van der Waals surface area contributed by atoms with Crippen LogP contribution < -0.4 is 5.32 Å². The van der Waals surface area contributed by atoms with Gasteiger partial charge in [0.25, 0.3) is 0 Å². The second-order valence-electron chi connectivity index (χ2n) is 5.33. The Hall–Kier alpha value is -1.00. The average molecular weight is 309 g/mol. The summed E-state index contributed by atoms with van der Waals surface area (Å²) in [6, 6.07) is 8.89. The molecule has 0 heterocycles. The summed E-state index contributed by atoms with van der Waals surface area (Å²) in [5.74, 6) is -0.102. The molecule has 0 saturated carbocycles. The van der Waals surface area contributed by atoms with E-state index in [9.17, 15) is 4.79 Å². The first-order chi connectivity index (χ1) is 10.1. The number of esters is 1. The third-order valence-electron chi connectivity index (χ3n) is 3.02. The Morgan fingerprint density at radius 1 is 1.24 bits per heavy atom. The van der Waals surface area contributed by atoms with Gasteiger partial charge in [-0.3, -0.25) is 4.79 Å². The first-order valence-electron chi connectivity index (χ1n) is 7.72. The standard InChI is InChI=1S/C17H27NO2S/c1-5-7-16(17(19)20-6-2)21-15-10-8-14(9-11-15)12-18-13(3)4/h8-11,13,16,18H,5-7,12H2,1-4H3. The second kappa shape index (κ2) is 9.85. The number of benzene rings is 1. The fraction of sp³-hybridized carbons (Fsp3) is 0.588. The highest BCUT2D eigenvalue weighted by Crippen LogP contribution is 2.27. The Kier molecular flexibility index (Phi) is 8.47. The first-order valence-corrected chi connectivity index (χ1v) is 8.60. The smallest absolute Gasteiger partial charge is 0.319 e. The van der Waals surface area contributed by atoms with Crippen LogP contribution in [-0.4, -0.2) is 23.9 Å². The molecule has 0 aromatic heterocycles. The molecule has 3 nitrogen and oxygen atoms in total. The molecule has 0 aliphatic heterocycles. The fourth-order valence-corrected chi connectivity index (χ4v) is 3.03. The van der Waals surface area contributed by atoms with Gasteiger partial charge < -0.3 is 10.1 Å². The number of hydrogen-bond donors (Lipinski definition) is 1. The normalized spacial score (nSPS) is 12.4. The summed E-state index contributed by atoms with van der Waals surface area (Å²) < 4.78 is 5.15. The van der Waals surface area contributed by atoms with Crippen molar-refractivity contribution in [2.24, 2.45) is 0 Å². The van der Waals surface area contributed by atoms with Crippen LogP contribution in [0.4, 0.5) is 0 Å². The van der Waals surface area contributed by atoms with E-state index in [0.29, 0.717) is 12.6 Å². The quantitative estimate of drug-likeness (QED) is 0.552. The highest BCUT2D eigenvalue weighted by Gasteiger charge is 2.20. The molecule has 1 N–H and O–H groups in total. The van der Waals surface area contributed by atoms with Gasteiger partial charge in [0.1, 0.15) is 5.25 Å². The summed E-state index contributed by atoms with van der Waals surface area (Å²) in [5, 5.41) is 3.29. The summed E-state index contributed by atoms with van der Waals surface area (Å²) >= 11 is 1.60. The molecule has 1 unspecified atom stereocenters. The first kappa shape index (κ1) is 18.1. The van der Waals surface area contributed by atoms with E-state index < -0.39 is 0 Å². The van der Waals surface area contributed by atoms with E-state index in [2.05, 4.69) is 50.4 Å². The van der Waals surface area contributed by atoms with Crippen molar-refractivity contribution < 1.29 is 9.53 Å². The fourth-order valence-electron chi connectivity index (χ4n) is 1.89. The highest BCUT2D eigenvalue weighted by molar-refractivity contribution is 8.00. The molecule has 1 aromatic rings. The average Bonchev–Trinajstić information content (AvgIpc) is 2.46. The minimum atomic E-state index is -0.102. The topological polar surface area (TPSA) is 38.3 Å². The Balaban J connectivity index is 2.60. The van der Waals surface area contributed by atoms with Crippen LogP contribution >= 0.6 is 11.8 Å². The Morgan fingerprint density at radius 2 is 1.90 bits per heavy atom. The molecule has 21 heavy (non-hydrogen) atoms. The predicted molar refractivity (Wildman–Crippen MR) is 89.6 cm³/mol. The lowest BCUT2D eigenvalue weighted by Gasteiger charge is -2.14. The van der Waals surface area contributed by atoms with Crippen LogP contribution in [0.3, 0.4) is 0 Å². The Bertz CT molecular complexity index is 417. The Morgan fingerprint density at radius 3 is 2.43 bits per heavy atom. The molecular formula is C17H27NO2S. The molecule has 118 valence electrons. The molecule has 0 fully saturated rings. The summed E-state index contributed by atoms with van der Waals surface area (Å²) in [6.07, 6.45) is 1.83. The van der Waals surface area contributed by atoms with Gasteiger partial charge in [0.2, 0.25) is 0 Å². The summed E-state index contributed by atoms with van der Waals surface area (Å²) in [7, 11) is 0. The maximum atomic E-state index is 11.9. The van der Waals surface area contributed by atoms with Gasteiger partial charge in [0.05, 0.1) is 6.61 Å². The number of hydrogen-bond acceptors (Lipinski definition) is 4. The molecule has 0 aliphatic carbocycles. The number of carbonyl (C=O) groups excluding carboxylic acids is 1. The SMILES string of the molecule is CCCC(Sc1ccc(CNC(C)C)cc1)C(=O)OCC. The van der Waals surface area contributed by atoms with Crippen LogP contribution in [0.25, 0.3) is 0 Å². The van der Waals surface area contributed by atoms with Crippen LogP contribution in [-0.2, 0) is 16.1 Å². The van der Waals surface area contributed by atoms with Crippen LogP contribution in [0.1, 0.15) is 46.1 Å². The van der Waals surface area contributed by atoms with Gasteiger partial charge in [0, 0.05) is 17.5 Å². The number of ether oxygens (including phenoxy) is 1. The summed E-state index contributed by atoms with van der Waals surface area (Å²) in [5.41, 5.74) is 1.26. The zero-order valence-corrected chi connectivity index (χ0v) is 14.3. The van der Waals surface area contributed by atoms with Gasteiger partial charge in [-0.05, 0) is 31.0 Å². The van der Waals surface area contributed by atoms with E-state index in [-0.39, 0.29) is 11.2 Å². The molecule has 0 radical (unpaired) electrons. The molecule has 4 heteroatoms. The number of thioether (sulfide) groups is 1. The van der Waals surface area contributed by atoms with E-state index in [1.807, 2.05) is 6.92 Å². The van der Waals surface area contributed by atoms with Crippen LogP contribution in [0.2, 0.25) is 0 Å². The van der Waals surface area contributed by atoms with Gasteiger partial charge in [-0.2, -0.15) is 0 Å². The Labute approximate surface area is 132 Å². The summed E-state index contributed by atoms with van der Waals surface area (Å²) in [6.45, 7) is 9.53. The van der Waals surface area contributed by atoms with Crippen molar-refractivity contribution in [3.8, 4) is 0 Å². The largest absolute Gasteiger partial charge is 0.465 e. The van der Waals surface area contributed by atoms with Crippen molar-refractivity contribution in [2.45, 2.75) is 63.3 Å². The monoisotopic (exact) mass is 309 g/mol. The maximum absolute atomic E-state index is 11.9. The molecule has 0 spiro atoms. The van der Waals surface area contributed by atoms with E-state index in [1.165, 1.54) is 5.56 Å². The number of rotatable bonds is 9. The number of carbonyl (C=O) groups is 1. The third-order valence-corrected chi connectivity index (χ3v) is 4.27. The van der Waals surface area contributed by atoms with E-state index in [1.54, 1.807) is 11.8 Å². The number of nitrogens with one attached hydrogen (secondary N) is 1. The zero-order chi connectivity index (χ0) is 15.7. The highest BCUT2D eigenvalue weighted by atomic mass is 32.2. The van der Waals surface area contributed by atoms with E-state index in [4.69, 9.17) is 4.74 Å². The van der Waals surface area contributed by atoms with Crippen molar-refractivity contribution in [1.82, 2.24) is 5.32 Å². The van der Waals surface area contributed by atoms with E-state index in [0.717, 1.165) is 24.3 Å². The minimum absolute atomic E-state index is 0.102. The van der Waals surface area contributed by atoms with Gasteiger partial charge in [-0.15, -0.1) is 11.8 Å².